The standard InChI is InChI=1S/C18H25N2.CHBr2.Ni/c1-17(2,3)13-7-9-19-15(11-13)16-12-14(8-10-20-16)18(4,5)6;2-1-3;/h7-12,15H,1-6H3;1H;/q-1;;+1. The van der Waals surface area contributed by atoms with E-state index in [4.69, 9.17) is 0 Å². The van der Waals surface area contributed by atoms with Gasteiger partial charge < -0.3 is 0 Å². The zero-order valence-electron chi connectivity index (χ0n) is 15.1. The molecular weight excluding hydrogens is 475 g/mol. The summed E-state index contributed by atoms with van der Waals surface area (Å²) in [5, 5.41) is 0. The summed E-state index contributed by atoms with van der Waals surface area (Å²) in [5.41, 5.74) is 3.99. The van der Waals surface area contributed by atoms with E-state index in [0.29, 0.717) is 0 Å². The van der Waals surface area contributed by atoms with Gasteiger partial charge in [0.25, 0.3) is 0 Å². The molecule has 0 bridgehead atoms. The average Bonchev–Trinajstić information content (AvgIpc) is 2.45. The number of aromatic nitrogens is 1. The Hall–Kier alpha value is -0.116. The second kappa shape index (κ2) is 7.64. The Morgan fingerprint density at radius 2 is 1.79 bits per heavy atom. The van der Waals surface area contributed by atoms with Gasteiger partial charge in [0, 0.05) is 0 Å². The van der Waals surface area contributed by atoms with Gasteiger partial charge in [0.2, 0.25) is 0 Å². The summed E-state index contributed by atoms with van der Waals surface area (Å²) in [5.74, 6) is 0. The Morgan fingerprint density at radius 1 is 1.12 bits per heavy atom. The number of pyridine rings is 1. The van der Waals surface area contributed by atoms with Crippen LogP contribution in [0.4, 0.5) is 0 Å². The van der Waals surface area contributed by atoms with Crippen molar-refractivity contribution in [3.05, 3.63) is 53.5 Å². The molecule has 24 heavy (non-hydrogen) atoms. The molecule has 1 aliphatic heterocycles. The van der Waals surface area contributed by atoms with Crippen LogP contribution in [0.15, 0.2) is 42.3 Å². The van der Waals surface area contributed by atoms with Crippen LogP contribution >= 0.6 is 31.9 Å². The molecule has 0 saturated carbocycles. The molecule has 0 spiro atoms. The topological polar surface area (TPSA) is 16.1 Å². The number of alkyl halides is 2. The van der Waals surface area contributed by atoms with Gasteiger partial charge in [-0.1, -0.05) is 0 Å². The van der Waals surface area contributed by atoms with Gasteiger partial charge in [-0.2, -0.15) is 0 Å². The van der Waals surface area contributed by atoms with E-state index in [1.807, 2.05) is 6.20 Å². The van der Waals surface area contributed by atoms with Crippen LogP contribution in [0.25, 0.3) is 0 Å². The minimum absolute atomic E-state index is 0.117. The maximum atomic E-state index is 4.69. The van der Waals surface area contributed by atoms with Crippen molar-refractivity contribution in [1.82, 2.24) is 8.96 Å². The summed E-state index contributed by atoms with van der Waals surface area (Å²) in [4.78, 5) is 4.69. The first kappa shape index (κ1) is 20.2. The Balaban J connectivity index is 2.45. The summed E-state index contributed by atoms with van der Waals surface area (Å²) < 4.78 is 2.45. The number of rotatable bonds is 3. The third-order valence-electron chi connectivity index (χ3n) is 3.95. The first-order valence-corrected chi connectivity index (χ1v) is 10.8. The van der Waals surface area contributed by atoms with Crippen LogP contribution in [0, 0.1) is 5.41 Å². The fourth-order valence-corrected chi connectivity index (χ4v) is 4.44. The molecule has 0 aliphatic carbocycles. The van der Waals surface area contributed by atoms with Crippen LogP contribution in [-0.2, 0) is 20.1 Å². The third kappa shape index (κ3) is 5.19. The Morgan fingerprint density at radius 3 is 2.33 bits per heavy atom. The van der Waals surface area contributed by atoms with Crippen molar-refractivity contribution in [1.29, 1.82) is 0 Å². The summed E-state index contributed by atoms with van der Waals surface area (Å²) in [6.07, 6.45) is 8.66. The van der Waals surface area contributed by atoms with Gasteiger partial charge in [-0.3, -0.25) is 0 Å². The summed E-state index contributed by atoms with van der Waals surface area (Å²) in [7, 11) is 0. The molecule has 0 radical (unpaired) electrons. The van der Waals surface area contributed by atoms with Crippen LogP contribution in [-0.4, -0.2) is 11.7 Å². The molecule has 1 atom stereocenters. The Bertz CT molecular complexity index is 640. The SMILES string of the molecule is CC(C)(C)C1=CC(c2cc(C(C)(C)C)ccn2)[N]([Ni][CH](Br)Br)C=C1. The van der Waals surface area contributed by atoms with Gasteiger partial charge in [-0.15, -0.1) is 0 Å². The molecule has 1 aromatic heterocycles. The fraction of sp³-hybridized carbons (Fsp3) is 0.526. The summed E-state index contributed by atoms with van der Waals surface area (Å²) in [6, 6.07) is 4.49. The molecule has 2 nitrogen and oxygen atoms in total. The van der Waals surface area contributed by atoms with Crippen LogP contribution in [0.1, 0.15) is 58.8 Å². The second-order valence-corrected chi connectivity index (χ2v) is 13.7. The van der Waals surface area contributed by atoms with Crippen LogP contribution in [0.2, 0.25) is 0 Å². The number of hydrogen-bond acceptors (Lipinski definition) is 2. The monoisotopic (exact) mass is 498 g/mol. The number of nitrogens with zero attached hydrogens (tertiary/aromatic N) is 2. The van der Waals surface area contributed by atoms with E-state index in [2.05, 4.69) is 113 Å². The molecule has 0 saturated heterocycles. The molecule has 2 rings (SSSR count). The molecule has 2 heterocycles. The van der Waals surface area contributed by atoms with E-state index in [0.717, 1.165) is 5.69 Å². The van der Waals surface area contributed by atoms with E-state index in [-0.39, 0.29) is 19.6 Å². The molecule has 1 aliphatic rings. The maximum absolute atomic E-state index is 4.69. The van der Waals surface area contributed by atoms with Gasteiger partial charge in [0.05, 0.1) is 0 Å². The Kier molecular flexibility index (Phi) is 6.43. The first-order valence-electron chi connectivity index (χ1n) is 7.99. The van der Waals surface area contributed by atoms with Crippen molar-refractivity contribution >= 4 is 31.9 Å². The fourth-order valence-electron chi connectivity index (χ4n) is 2.46. The minimum atomic E-state index is 0.117. The number of allylic oxidation sites excluding steroid dienone is 2. The van der Waals surface area contributed by atoms with Gasteiger partial charge in [-0.25, -0.2) is 0 Å². The predicted octanol–water partition coefficient (Wildman–Crippen LogP) is 6.29. The van der Waals surface area contributed by atoms with Crippen molar-refractivity contribution in [2.24, 2.45) is 5.41 Å². The van der Waals surface area contributed by atoms with Crippen LogP contribution in [0.3, 0.4) is 0 Å². The van der Waals surface area contributed by atoms with Crippen molar-refractivity contribution in [3.8, 4) is 0 Å². The van der Waals surface area contributed by atoms with Gasteiger partial charge in [0.15, 0.2) is 0 Å². The van der Waals surface area contributed by atoms with Crippen molar-refractivity contribution in [2.45, 2.75) is 55.7 Å². The van der Waals surface area contributed by atoms with Crippen molar-refractivity contribution in [2.75, 3.05) is 0 Å². The van der Waals surface area contributed by atoms with Crippen LogP contribution < -0.4 is 0 Å². The predicted molar refractivity (Wildman–Crippen MR) is 106 cm³/mol. The van der Waals surface area contributed by atoms with Crippen molar-refractivity contribution in [3.63, 3.8) is 0 Å². The summed E-state index contributed by atoms with van der Waals surface area (Å²) >= 11 is 8.66. The quantitative estimate of drug-likeness (QED) is 0.358. The van der Waals surface area contributed by atoms with E-state index < -0.39 is 0 Å². The number of hydrogen-bond donors (Lipinski definition) is 0. The van der Waals surface area contributed by atoms with Gasteiger partial charge in [-0.05, 0) is 0 Å². The van der Waals surface area contributed by atoms with Gasteiger partial charge >= 0.3 is 170 Å². The molecule has 5 heteroatoms. The molecule has 0 aromatic carbocycles. The zero-order chi connectivity index (χ0) is 18.1. The van der Waals surface area contributed by atoms with Gasteiger partial charge in [0.1, 0.15) is 0 Å². The second-order valence-electron chi connectivity index (χ2n) is 7.97. The molecule has 1 unspecified atom stereocenters. The average molecular weight is 501 g/mol. The van der Waals surface area contributed by atoms with E-state index in [1.165, 1.54) is 25.8 Å². The molecule has 0 amide bonds. The van der Waals surface area contributed by atoms with Crippen LogP contribution in [0.5, 0.6) is 0 Å². The summed E-state index contributed by atoms with van der Waals surface area (Å²) in [6.45, 7) is 13.5. The molecule has 0 N–H and O–H groups in total. The zero-order valence-corrected chi connectivity index (χ0v) is 19.2. The molecule has 0 fully saturated rings. The first-order chi connectivity index (χ1) is 11.0. The van der Waals surface area contributed by atoms with E-state index in [1.54, 1.807) is 0 Å². The molecule has 1 aromatic rings. The Labute approximate surface area is 169 Å². The van der Waals surface area contributed by atoms with E-state index in [9.17, 15) is 0 Å². The normalized spacial score (nSPS) is 19.1. The molecule has 136 valence electrons. The third-order valence-corrected chi connectivity index (χ3v) is 5.92. The molecular formula is C19H26Br2N2Ni. The van der Waals surface area contributed by atoms with E-state index >= 15 is 0 Å². The number of halogens is 2. The van der Waals surface area contributed by atoms with Crippen molar-refractivity contribution < 1.29 is 14.7 Å².